The predicted octanol–water partition coefficient (Wildman–Crippen LogP) is 2.70. The molecule has 2 aromatic rings. The molecule has 1 aliphatic heterocycles. The Labute approximate surface area is 123 Å². The van der Waals surface area contributed by atoms with Gasteiger partial charge in [0.15, 0.2) is 0 Å². The first-order valence-electron chi connectivity index (χ1n) is 7.19. The summed E-state index contributed by atoms with van der Waals surface area (Å²) in [7, 11) is 0. The van der Waals surface area contributed by atoms with Crippen LogP contribution in [0.1, 0.15) is 24.6 Å². The lowest BCUT2D eigenvalue weighted by molar-refractivity contribution is 0.495. The average Bonchev–Trinajstić information content (AvgIpc) is 2.97. The van der Waals surface area contributed by atoms with Gasteiger partial charge in [0.2, 0.25) is 5.95 Å². The number of anilines is 1. The molecule has 20 heavy (non-hydrogen) atoms. The highest BCUT2D eigenvalue weighted by Gasteiger charge is 2.18. The summed E-state index contributed by atoms with van der Waals surface area (Å²) < 4.78 is 0. The molecule has 4 nitrogen and oxygen atoms in total. The quantitative estimate of drug-likeness (QED) is 0.943. The first-order valence-corrected chi connectivity index (χ1v) is 8.00. The van der Waals surface area contributed by atoms with Crippen molar-refractivity contribution in [1.29, 1.82) is 0 Å². The minimum atomic E-state index is 0.332. The first kappa shape index (κ1) is 13.5. The van der Waals surface area contributed by atoms with Crippen LogP contribution in [0.3, 0.4) is 0 Å². The zero-order valence-electron chi connectivity index (χ0n) is 11.7. The van der Waals surface area contributed by atoms with Gasteiger partial charge in [-0.1, -0.05) is 6.92 Å². The van der Waals surface area contributed by atoms with Crippen LogP contribution in [0.15, 0.2) is 24.4 Å². The maximum absolute atomic E-state index is 5.95. The molecule has 0 radical (unpaired) electrons. The van der Waals surface area contributed by atoms with Gasteiger partial charge in [0.05, 0.1) is 10.6 Å². The van der Waals surface area contributed by atoms with Crippen molar-refractivity contribution < 1.29 is 0 Å². The van der Waals surface area contributed by atoms with Crippen LogP contribution < -0.4 is 10.6 Å². The van der Waals surface area contributed by atoms with Crippen LogP contribution in [-0.2, 0) is 6.42 Å². The molecule has 0 aliphatic carbocycles. The molecule has 0 atom stereocenters. The Morgan fingerprint density at radius 2 is 2.10 bits per heavy atom. The predicted molar refractivity (Wildman–Crippen MR) is 84.1 cm³/mol. The second-order valence-electron chi connectivity index (χ2n) is 5.19. The highest BCUT2D eigenvalue weighted by Crippen LogP contribution is 2.28. The van der Waals surface area contributed by atoms with Crippen LogP contribution in [-0.4, -0.2) is 29.1 Å². The van der Waals surface area contributed by atoms with E-state index in [-0.39, 0.29) is 0 Å². The molecule has 0 amide bonds. The highest BCUT2D eigenvalue weighted by atomic mass is 32.1. The molecule has 2 aromatic heterocycles. The van der Waals surface area contributed by atoms with E-state index in [1.54, 1.807) is 0 Å². The van der Waals surface area contributed by atoms with Gasteiger partial charge in [-0.25, -0.2) is 9.97 Å². The van der Waals surface area contributed by atoms with Crippen molar-refractivity contribution in [3.05, 3.63) is 29.3 Å². The minimum absolute atomic E-state index is 0.332. The van der Waals surface area contributed by atoms with Crippen LogP contribution in [0.5, 0.6) is 0 Å². The summed E-state index contributed by atoms with van der Waals surface area (Å²) >= 11 is 1.81. The number of thiophene rings is 1. The normalized spacial score (nSPS) is 16.6. The first-order chi connectivity index (χ1) is 9.76. The molecular weight excluding hydrogens is 268 g/mol. The van der Waals surface area contributed by atoms with Gasteiger partial charge in [-0.05, 0) is 37.5 Å². The summed E-state index contributed by atoms with van der Waals surface area (Å²) in [5, 5.41) is 0. The fourth-order valence-corrected chi connectivity index (χ4v) is 3.36. The number of hydrogen-bond acceptors (Lipinski definition) is 5. The lowest BCUT2D eigenvalue weighted by Gasteiger charge is -2.30. The summed E-state index contributed by atoms with van der Waals surface area (Å²) in [4.78, 5) is 14.0. The van der Waals surface area contributed by atoms with Gasteiger partial charge in [-0.15, -0.1) is 11.3 Å². The van der Waals surface area contributed by atoms with Crippen LogP contribution >= 0.6 is 11.3 Å². The van der Waals surface area contributed by atoms with Crippen LogP contribution in [0.4, 0.5) is 5.95 Å². The van der Waals surface area contributed by atoms with Gasteiger partial charge in [-0.2, -0.15) is 0 Å². The van der Waals surface area contributed by atoms with Crippen LogP contribution in [0.25, 0.3) is 10.6 Å². The minimum Gasteiger partial charge on any atom is -0.341 e. The van der Waals surface area contributed by atoms with Crippen molar-refractivity contribution >= 4 is 17.3 Å². The molecule has 2 N–H and O–H groups in total. The zero-order valence-corrected chi connectivity index (χ0v) is 12.6. The summed E-state index contributed by atoms with van der Waals surface area (Å²) in [6.45, 7) is 4.09. The number of aryl methyl sites for hydroxylation is 1. The van der Waals surface area contributed by atoms with Crippen molar-refractivity contribution in [3.63, 3.8) is 0 Å². The van der Waals surface area contributed by atoms with Crippen molar-refractivity contribution in [1.82, 2.24) is 9.97 Å². The topological polar surface area (TPSA) is 55.0 Å². The second-order valence-corrected chi connectivity index (χ2v) is 6.35. The van der Waals surface area contributed by atoms with E-state index in [9.17, 15) is 0 Å². The van der Waals surface area contributed by atoms with Crippen molar-refractivity contribution in [2.45, 2.75) is 32.2 Å². The Balaban J connectivity index is 1.82. The zero-order chi connectivity index (χ0) is 13.9. The van der Waals surface area contributed by atoms with E-state index in [4.69, 9.17) is 10.7 Å². The van der Waals surface area contributed by atoms with E-state index < -0.39 is 0 Å². The smallest absolute Gasteiger partial charge is 0.225 e. The van der Waals surface area contributed by atoms with Crippen molar-refractivity contribution in [2.75, 3.05) is 18.0 Å². The number of aromatic nitrogens is 2. The van der Waals surface area contributed by atoms with Crippen LogP contribution in [0, 0.1) is 0 Å². The Morgan fingerprint density at radius 3 is 2.80 bits per heavy atom. The molecule has 0 bridgehead atoms. The van der Waals surface area contributed by atoms with E-state index in [1.165, 1.54) is 9.75 Å². The van der Waals surface area contributed by atoms with Crippen molar-refractivity contribution in [2.24, 2.45) is 5.73 Å². The maximum atomic E-state index is 5.95. The summed E-state index contributed by atoms with van der Waals surface area (Å²) in [6, 6.07) is 6.66. The summed E-state index contributed by atoms with van der Waals surface area (Å²) in [5.74, 6) is 0.834. The maximum Gasteiger partial charge on any atom is 0.225 e. The van der Waals surface area contributed by atoms with E-state index in [2.05, 4.69) is 28.9 Å². The SMILES string of the molecule is CCc1ccc(-c2ccnc(N3CCC(N)CC3)n2)s1. The third kappa shape index (κ3) is 2.83. The van der Waals surface area contributed by atoms with Gasteiger partial charge >= 0.3 is 0 Å². The Hall–Kier alpha value is -1.46. The molecule has 3 rings (SSSR count). The van der Waals surface area contributed by atoms with Crippen molar-refractivity contribution in [3.8, 4) is 10.6 Å². The molecule has 106 valence electrons. The number of nitrogens with two attached hydrogens (primary N) is 1. The summed E-state index contributed by atoms with van der Waals surface area (Å²) in [6.07, 6.45) is 4.98. The molecule has 0 spiro atoms. The number of piperidine rings is 1. The van der Waals surface area contributed by atoms with Gasteiger partial charge in [-0.3, -0.25) is 0 Å². The third-order valence-corrected chi connectivity index (χ3v) is 4.98. The second kappa shape index (κ2) is 5.89. The van der Waals surface area contributed by atoms with Crippen LogP contribution in [0.2, 0.25) is 0 Å². The molecule has 3 heterocycles. The Bertz CT molecular complexity index is 573. The van der Waals surface area contributed by atoms with Gasteiger partial charge in [0.1, 0.15) is 0 Å². The molecule has 1 saturated heterocycles. The van der Waals surface area contributed by atoms with E-state index >= 15 is 0 Å². The van der Waals surface area contributed by atoms with Gasteiger partial charge in [0, 0.05) is 30.2 Å². The lowest BCUT2D eigenvalue weighted by Crippen LogP contribution is -2.40. The molecule has 1 fully saturated rings. The number of nitrogens with zero attached hydrogens (tertiary/aromatic N) is 3. The Kier molecular flexibility index (Phi) is 3.98. The molecule has 0 unspecified atom stereocenters. The molecular formula is C15H20N4S. The molecule has 0 saturated carbocycles. The molecule has 5 heteroatoms. The lowest BCUT2D eigenvalue weighted by atomic mass is 10.1. The highest BCUT2D eigenvalue weighted by molar-refractivity contribution is 7.15. The molecule has 1 aliphatic rings. The molecule has 0 aromatic carbocycles. The van der Waals surface area contributed by atoms with Gasteiger partial charge in [0.25, 0.3) is 0 Å². The fourth-order valence-electron chi connectivity index (χ4n) is 2.44. The van der Waals surface area contributed by atoms with E-state index in [1.807, 2.05) is 23.6 Å². The monoisotopic (exact) mass is 288 g/mol. The van der Waals surface area contributed by atoms with Gasteiger partial charge < -0.3 is 10.6 Å². The standard InChI is InChI=1S/C15H20N4S/c1-2-12-3-4-14(20-12)13-5-8-17-15(18-13)19-9-6-11(16)7-10-19/h3-5,8,11H,2,6-7,9-10,16H2,1H3. The largest absolute Gasteiger partial charge is 0.341 e. The Morgan fingerprint density at radius 1 is 1.30 bits per heavy atom. The fraction of sp³-hybridized carbons (Fsp3) is 0.467. The average molecular weight is 288 g/mol. The number of hydrogen-bond donors (Lipinski definition) is 1. The van der Waals surface area contributed by atoms with E-state index in [0.29, 0.717) is 6.04 Å². The van der Waals surface area contributed by atoms with E-state index in [0.717, 1.165) is 44.0 Å². The third-order valence-electron chi connectivity index (χ3n) is 3.73. The summed E-state index contributed by atoms with van der Waals surface area (Å²) in [5.41, 5.74) is 6.97. The number of rotatable bonds is 3.